The Morgan fingerprint density at radius 2 is 2.00 bits per heavy atom. The summed E-state index contributed by atoms with van der Waals surface area (Å²) in [6, 6.07) is 0. The maximum absolute atomic E-state index is 5.93. The summed E-state index contributed by atoms with van der Waals surface area (Å²) >= 11 is 5.93. The van der Waals surface area contributed by atoms with Crippen molar-refractivity contribution in [3.8, 4) is 0 Å². The lowest BCUT2D eigenvalue weighted by Crippen LogP contribution is -2.13. The van der Waals surface area contributed by atoms with Crippen LogP contribution in [-0.4, -0.2) is 10.7 Å². The van der Waals surface area contributed by atoms with Gasteiger partial charge in [0.1, 0.15) is 5.60 Å². The number of allylic oxidation sites excluding steroid dienone is 2. The van der Waals surface area contributed by atoms with E-state index in [4.69, 9.17) is 16.3 Å². The molecule has 0 spiro atoms. The molecular formula is C7H7ClO. The van der Waals surface area contributed by atoms with Crippen LogP contribution < -0.4 is 0 Å². The van der Waals surface area contributed by atoms with E-state index in [1.54, 1.807) is 0 Å². The number of rotatable bonds is 0. The van der Waals surface area contributed by atoms with Crippen LogP contribution in [0.2, 0.25) is 0 Å². The molecule has 0 amide bonds. The number of fused-ring (bicyclic) bond motifs is 1. The highest BCUT2D eigenvalue weighted by Gasteiger charge is 2.63. The molecule has 0 N–H and O–H groups in total. The maximum Gasteiger partial charge on any atom is 0.194 e. The Morgan fingerprint density at radius 3 is 2.44 bits per heavy atom. The largest absolute Gasteiger partial charge is 0.338 e. The van der Waals surface area contributed by atoms with Gasteiger partial charge in [0.15, 0.2) is 5.06 Å². The van der Waals surface area contributed by atoms with Crippen LogP contribution in [0, 0.1) is 0 Å². The second kappa shape index (κ2) is 1.25. The van der Waals surface area contributed by atoms with E-state index in [0.717, 1.165) is 0 Å². The Hall–Kier alpha value is -0.270. The Morgan fingerprint density at radius 1 is 1.33 bits per heavy atom. The molecule has 9 heavy (non-hydrogen) atoms. The molecule has 0 radical (unpaired) electrons. The van der Waals surface area contributed by atoms with Crippen molar-refractivity contribution in [1.82, 2.24) is 0 Å². The molecule has 0 saturated carbocycles. The van der Waals surface area contributed by atoms with Crippen LogP contribution in [0.5, 0.6) is 0 Å². The van der Waals surface area contributed by atoms with Crippen LogP contribution in [0.4, 0.5) is 0 Å². The molecule has 0 bridgehead atoms. The average molecular weight is 143 g/mol. The van der Waals surface area contributed by atoms with Crippen LogP contribution in [0.25, 0.3) is 0 Å². The smallest absolute Gasteiger partial charge is 0.194 e. The topological polar surface area (TPSA) is 12.5 Å². The van der Waals surface area contributed by atoms with Gasteiger partial charge < -0.3 is 4.74 Å². The molecule has 1 saturated heterocycles. The van der Waals surface area contributed by atoms with Gasteiger partial charge in [-0.05, 0) is 19.1 Å². The van der Waals surface area contributed by atoms with Crippen molar-refractivity contribution in [2.75, 3.05) is 0 Å². The van der Waals surface area contributed by atoms with Crippen molar-refractivity contribution in [3.63, 3.8) is 0 Å². The Balaban J connectivity index is 2.40. The zero-order valence-corrected chi connectivity index (χ0v) is 5.85. The number of epoxide rings is 1. The van der Waals surface area contributed by atoms with Gasteiger partial charge in [-0.15, -0.1) is 0 Å². The van der Waals surface area contributed by atoms with Gasteiger partial charge in [-0.25, -0.2) is 0 Å². The number of hydrogen-bond donors (Lipinski definition) is 0. The van der Waals surface area contributed by atoms with Crippen LogP contribution in [0.1, 0.15) is 6.92 Å². The van der Waals surface area contributed by atoms with Gasteiger partial charge in [0.25, 0.3) is 0 Å². The molecule has 0 aromatic rings. The normalized spacial score (nSPS) is 53.1. The average Bonchev–Trinajstić information content (AvgIpc) is 2.33. The van der Waals surface area contributed by atoms with Crippen LogP contribution in [-0.2, 0) is 4.74 Å². The van der Waals surface area contributed by atoms with Crippen molar-refractivity contribution < 1.29 is 4.74 Å². The summed E-state index contributed by atoms with van der Waals surface area (Å²) in [6.45, 7) is 1.97. The molecule has 48 valence electrons. The molecule has 1 fully saturated rings. The van der Waals surface area contributed by atoms with Gasteiger partial charge in [0.05, 0.1) is 0 Å². The highest BCUT2D eigenvalue weighted by atomic mass is 35.5. The third-order valence-electron chi connectivity index (χ3n) is 1.83. The first kappa shape index (κ1) is 5.51. The predicted molar refractivity (Wildman–Crippen MR) is 36.4 cm³/mol. The fourth-order valence-corrected chi connectivity index (χ4v) is 1.34. The van der Waals surface area contributed by atoms with Crippen LogP contribution in [0.3, 0.4) is 0 Å². The summed E-state index contributed by atoms with van der Waals surface area (Å²) in [5, 5.41) is -0.512. The monoisotopic (exact) mass is 142 g/mol. The number of halogens is 1. The lowest BCUT2D eigenvalue weighted by Gasteiger charge is -2.03. The molecule has 1 heterocycles. The molecule has 2 atom stereocenters. The Labute approximate surface area is 59.0 Å². The minimum atomic E-state index is -0.512. The summed E-state index contributed by atoms with van der Waals surface area (Å²) < 4.78 is 5.24. The van der Waals surface area contributed by atoms with Crippen molar-refractivity contribution in [3.05, 3.63) is 24.3 Å². The van der Waals surface area contributed by atoms with Crippen molar-refractivity contribution >= 4 is 11.6 Å². The molecule has 1 aliphatic heterocycles. The van der Waals surface area contributed by atoms with E-state index in [1.807, 2.05) is 31.2 Å². The van der Waals surface area contributed by atoms with E-state index in [-0.39, 0.29) is 5.60 Å². The fraction of sp³-hybridized carbons (Fsp3) is 0.429. The van der Waals surface area contributed by atoms with E-state index in [9.17, 15) is 0 Å². The van der Waals surface area contributed by atoms with Crippen molar-refractivity contribution in [1.29, 1.82) is 0 Å². The minimum Gasteiger partial charge on any atom is -0.338 e. The lowest BCUT2D eigenvalue weighted by molar-refractivity contribution is 0.347. The quantitative estimate of drug-likeness (QED) is 0.372. The standard InChI is InChI=1S/C7H7ClO/c1-6-4-2-3-5-7(6,8)9-6/h2-5H,1H3. The predicted octanol–water partition coefficient (Wildman–Crippen LogP) is 1.84. The van der Waals surface area contributed by atoms with Gasteiger partial charge in [0.2, 0.25) is 0 Å². The Kier molecular flexibility index (Phi) is 0.766. The molecular weight excluding hydrogens is 136 g/mol. The van der Waals surface area contributed by atoms with Gasteiger partial charge in [-0.2, -0.15) is 0 Å². The van der Waals surface area contributed by atoms with Crippen molar-refractivity contribution in [2.24, 2.45) is 0 Å². The molecule has 2 unspecified atom stereocenters. The third-order valence-corrected chi connectivity index (χ3v) is 2.41. The van der Waals surface area contributed by atoms with Crippen molar-refractivity contribution in [2.45, 2.75) is 17.6 Å². The molecule has 0 aromatic heterocycles. The first-order valence-electron chi connectivity index (χ1n) is 2.92. The molecule has 2 rings (SSSR count). The van der Waals surface area contributed by atoms with E-state index in [1.165, 1.54) is 0 Å². The van der Waals surface area contributed by atoms with E-state index in [0.29, 0.717) is 0 Å². The molecule has 2 aliphatic rings. The second-order valence-electron chi connectivity index (χ2n) is 2.57. The summed E-state index contributed by atoms with van der Waals surface area (Å²) in [7, 11) is 0. The highest BCUT2D eigenvalue weighted by Crippen LogP contribution is 2.54. The minimum absolute atomic E-state index is 0.219. The molecule has 0 aromatic carbocycles. The zero-order chi connectivity index (χ0) is 6.54. The van der Waals surface area contributed by atoms with Crippen LogP contribution >= 0.6 is 11.6 Å². The molecule has 2 heteroatoms. The van der Waals surface area contributed by atoms with Gasteiger partial charge in [-0.1, -0.05) is 23.8 Å². The maximum atomic E-state index is 5.93. The van der Waals surface area contributed by atoms with Crippen LogP contribution in [0.15, 0.2) is 24.3 Å². The number of alkyl halides is 1. The Bertz CT molecular complexity index is 187. The molecule has 1 aliphatic carbocycles. The van der Waals surface area contributed by atoms with Gasteiger partial charge in [0, 0.05) is 0 Å². The SMILES string of the molecule is CC12C=CC=CC1(Cl)O2. The van der Waals surface area contributed by atoms with Gasteiger partial charge in [-0.3, -0.25) is 0 Å². The first-order valence-corrected chi connectivity index (χ1v) is 3.30. The lowest BCUT2D eigenvalue weighted by atomic mass is 10.0. The van der Waals surface area contributed by atoms with E-state index in [2.05, 4.69) is 0 Å². The second-order valence-corrected chi connectivity index (χ2v) is 3.13. The summed E-state index contributed by atoms with van der Waals surface area (Å²) in [5.41, 5.74) is -0.219. The first-order chi connectivity index (χ1) is 4.16. The fourth-order valence-electron chi connectivity index (χ4n) is 1.05. The van der Waals surface area contributed by atoms with E-state index >= 15 is 0 Å². The van der Waals surface area contributed by atoms with Gasteiger partial charge >= 0.3 is 0 Å². The number of ether oxygens (including phenoxy) is 1. The third kappa shape index (κ3) is 0.537. The summed E-state index contributed by atoms with van der Waals surface area (Å²) in [6.07, 6.45) is 7.70. The summed E-state index contributed by atoms with van der Waals surface area (Å²) in [5.74, 6) is 0. The number of hydrogen-bond acceptors (Lipinski definition) is 1. The van der Waals surface area contributed by atoms with E-state index < -0.39 is 5.06 Å². The highest BCUT2D eigenvalue weighted by molar-refractivity contribution is 6.27. The molecule has 1 nitrogen and oxygen atoms in total. The summed E-state index contributed by atoms with van der Waals surface area (Å²) in [4.78, 5) is 0. The zero-order valence-electron chi connectivity index (χ0n) is 5.10.